The molecule has 106 valence electrons. The molecule has 0 unspecified atom stereocenters. The third-order valence-electron chi connectivity index (χ3n) is 4.34. The number of hydrogen-bond donors (Lipinski definition) is 1. The van der Waals surface area contributed by atoms with Crippen LogP contribution >= 0.6 is 0 Å². The van der Waals surface area contributed by atoms with Gasteiger partial charge in [-0.15, -0.1) is 0 Å². The highest BCUT2D eigenvalue weighted by Gasteiger charge is 2.22. The molecule has 1 aliphatic carbocycles. The van der Waals surface area contributed by atoms with E-state index in [1.807, 2.05) is 24.3 Å². The van der Waals surface area contributed by atoms with Crippen molar-refractivity contribution in [1.82, 2.24) is 0 Å². The van der Waals surface area contributed by atoms with E-state index in [0.29, 0.717) is 5.56 Å². The lowest BCUT2D eigenvalue weighted by atomic mass is 9.92. The lowest BCUT2D eigenvalue weighted by molar-refractivity contribution is 0.112. The molecule has 22 heavy (non-hydrogen) atoms. The van der Waals surface area contributed by atoms with Crippen LogP contribution in [0.1, 0.15) is 21.5 Å². The summed E-state index contributed by atoms with van der Waals surface area (Å²) < 4.78 is 0. The second-order valence-corrected chi connectivity index (χ2v) is 5.52. The summed E-state index contributed by atoms with van der Waals surface area (Å²) in [7, 11) is 0. The number of phenols is 1. The number of hydrogen-bond acceptors (Lipinski definition) is 2. The first-order valence-electron chi connectivity index (χ1n) is 7.27. The van der Waals surface area contributed by atoms with Crippen molar-refractivity contribution in [3.05, 3.63) is 77.4 Å². The van der Waals surface area contributed by atoms with Gasteiger partial charge in [-0.3, -0.25) is 4.79 Å². The molecular weight excluding hydrogens is 272 g/mol. The molecule has 0 bridgehead atoms. The Morgan fingerprint density at radius 2 is 1.41 bits per heavy atom. The van der Waals surface area contributed by atoms with Gasteiger partial charge in [-0.05, 0) is 45.9 Å². The zero-order chi connectivity index (χ0) is 15.1. The Hall–Kier alpha value is -2.87. The number of phenolic OH excluding ortho intramolecular Hbond substituents is 1. The smallest absolute Gasteiger partial charge is 0.154 e. The molecule has 0 heterocycles. The molecule has 1 aliphatic rings. The summed E-state index contributed by atoms with van der Waals surface area (Å²) in [5.74, 6) is 0.0283. The standard InChI is InChI=1S/C20H14O2/c21-12-19-17(9-4-10-20(19)22)16-8-3-7-15-14-6-2-1-5-13(14)11-18(15)16/h1-10,12,22H,11H2. The van der Waals surface area contributed by atoms with Crippen LogP contribution in [-0.4, -0.2) is 11.4 Å². The van der Waals surface area contributed by atoms with E-state index in [1.54, 1.807) is 12.1 Å². The Kier molecular flexibility index (Phi) is 2.83. The van der Waals surface area contributed by atoms with Crippen LogP contribution in [0.5, 0.6) is 5.75 Å². The molecule has 0 aromatic heterocycles. The van der Waals surface area contributed by atoms with Crippen molar-refractivity contribution in [2.24, 2.45) is 0 Å². The molecule has 3 aromatic rings. The highest BCUT2D eigenvalue weighted by Crippen LogP contribution is 2.42. The van der Waals surface area contributed by atoms with E-state index in [9.17, 15) is 9.90 Å². The monoisotopic (exact) mass is 286 g/mol. The number of fused-ring (bicyclic) bond motifs is 3. The molecule has 0 spiro atoms. The summed E-state index contributed by atoms with van der Waals surface area (Å²) in [5.41, 5.74) is 7.16. The van der Waals surface area contributed by atoms with Crippen molar-refractivity contribution < 1.29 is 9.90 Å². The van der Waals surface area contributed by atoms with Crippen molar-refractivity contribution in [3.8, 4) is 28.0 Å². The average Bonchev–Trinajstić information content (AvgIpc) is 2.93. The van der Waals surface area contributed by atoms with E-state index >= 15 is 0 Å². The second-order valence-electron chi connectivity index (χ2n) is 5.52. The first-order chi connectivity index (χ1) is 10.8. The van der Waals surface area contributed by atoms with Crippen LogP contribution in [0.15, 0.2) is 60.7 Å². The van der Waals surface area contributed by atoms with Crippen molar-refractivity contribution in [3.63, 3.8) is 0 Å². The molecule has 0 saturated heterocycles. The Balaban J connectivity index is 1.98. The van der Waals surface area contributed by atoms with Gasteiger partial charge in [-0.1, -0.05) is 54.6 Å². The largest absolute Gasteiger partial charge is 0.507 e. The molecule has 0 aliphatic heterocycles. The quantitative estimate of drug-likeness (QED) is 0.553. The van der Waals surface area contributed by atoms with Crippen LogP contribution in [0.25, 0.3) is 22.3 Å². The fourth-order valence-electron chi connectivity index (χ4n) is 3.32. The molecule has 1 N–H and O–H groups in total. The van der Waals surface area contributed by atoms with Gasteiger partial charge in [0.1, 0.15) is 5.75 Å². The Morgan fingerprint density at radius 3 is 2.23 bits per heavy atom. The molecule has 0 amide bonds. The van der Waals surface area contributed by atoms with Gasteiger partial charge in [-0.2, -0.15) is 0 Å². The van der Waals surface area contributed by atoms with E-state index in [4.69, 9.17) is 0 Å². The number of aldehydes is 1. The maximum Gasteiger partial charge on any atom is 0.154 e. The number of carbonyl (C=O) groups excluding carboxylic acids is 1. The third kappa shape index (κ3) is 1.77. The zero-order valence-corrected chi connectivity index (χ0v) is 11.9. The normalized spacial score (nSPS) is 11.8. The van der Waals surface area contributed by atoms with Crippen molar-refractivity contribution >= 4 is 6.29 Å². The van der Waals surface area contributed by atoms with E-state index in [-0.39, 0.29) is 5.75 Å². The van der Waals surface area contributed by atoms with Gasteiger partial charge in [0.25, 0.3) is 0 Å². The fraction of sp³-hybridized carbons (Fsp3) is 0.0500. The molecule has 2 nitrogen and oxygen atoms in total. The molecular formula is C20H14O2. The molecule has 3 aromatic carbocycles. The minimum atomic E-state index is 0.0283. The topological polar surface area (TPSA) is 37.3 Å². The molecule has 4 rings (SSSR count). The van der Waals surface area contributed by atoms with Gasteiger partial charge in [0.15, 0.2) is 6.29 Å². The minimum Gasteiger partial charge on any atom is -0.507 e. The summed E-state index contributed by atoms with van der Waals surface area (Å²) in [6.45, 7) is 0. The predicted molar refractivity (Wildman–Crippen MR) is 87.2 cm³/mol. The third-order valence-corrected chi connectivity index (χ3v) is 4.34. The zero-order valence-electron chi connectivity index (χ0n) is 11.9. The molecule has 2 heteroatoms. The lowest BCUT2D eigenvalue weighted by Gasteiger charge is -2.11. The van der Waals surface area contributed by atoms with Gasteiger partial charge >= 0.3 is 0 Å². The molecule has 0 fully saturated rings. The van der Waals surface area contributed by atoms with Gasteiger partial charge in [-0.25, -0.2) is 0 Å². The average molecular weight is 286 g/mol. The first kappa shape index (κ1) is 12.8. The Morgan fingerprint density at radius 1 is 0.773 bits per heavy atom. The Bertz CT molecular complexity index is 894. The van der Waals surface area contributed by atoms with Gasteiger partial charge < -0.3 is 5.11 Å². The predicted octanol–water partition coefficient (Wildman–Crippen LogP) is 4.44. The van der Waals surface area contributed by atoms with Gasteiger partial charge in [0.05, 0.1) is 5.56 Å². The van der Waals surface area contributed by atoms with Crippen LogP contribution < -0.4 is 0 Å². The highest BCUT2D eigenvalue weighted by atomic mass is 16.3. The van der Waals surface area contributed by atoms with Crippen molar-refractivity contribution in [1.29, 1.82) is 0 Å². The highest BCUT2D eigenvalue weighted by molar-refractivity contribution is 5.94. The van der Waals surface area contributed by atoms with Crippen LogP contribution in [0.4, 0.5) is 0 Å². The Labute approximate surface area is 128 Å². The maximum atomic E-state index is 11.4. The lowest BCUT2D eigenvalue weighted by Crippen LogP contribution is -1.93. The van der Waals surface area contributed by atoms with Crippen LogP contribution in [-0.2, 0) is 6.42 Å². The maximum absolute atomic E-state index is 11.4. The summed E-state index contributed by atoms with van der Waals surface area (Å²) in [4.78, 5) is 11.4. The van der Waals surface area contributed by atoms with Gasteiger partial charge in [0, 0.05) is 0 Å². The minimum absolute atomic E-state index is 0.0283. The number of carbonyl (C=O) groups is 1. The first-order valence-corrected chi connectivity index (χ1v) is 7.27. The summed E-state index contributed by atoms with van der Waals surface area (Å²) in [5, 5.41) is 9.94. The van der Waals surface area contributed by atoms with Crippen LogP contribution in [0, 0.1) is 0 Å². The number of aromatic hydroxyl groups is 1. The van der Waals surface area contributed by atoms with E-state index in [1.165, 1.54) is 22.3 Å². The van der Waals surface area contributed by atoms with Crippen LogP contribution in [0.2, 0.25) is 0 Å². The van der Waals surface area contributed by atoms with E-state index < -0.39 is 0 Å². The van der Waals surface area contributed by atoms with Gasteiger partial charge in [0.2, 0.25) is 0 Å². The van der Waals surface area contributed by atoms with Crippen molar-refractivity contribution in [2.75, 3.05) is 0 Å². The number of benzene rings is 3. The molecule has 0 saturated carbocycles. The molecule has 0 atom stereocenters. The second kappa shape index (κ2) is 4.85. The van der Waals surface area contributed by atoms with Crippen LogP contribution in [0.3, 0.4) is 0 Å². The SMILES string of the molecule is O=Cc1c(O)cccc1-c1cccc2c1Cc1ccccc1-2. The summed E-state index contributed by atoms with van der Waals surface area (Å²) >= 11 is 0. The fourth-order valence-corrected chi connectivity index (χ4v) is 3.32. The summed E-state index contributed by atoms with van der Waals surface area (Å²) in [6.07, 6.45) is 1.59. The number of rotatable bonds is 2. The summed E-state index contributed by atoms with van der Waals surface area (Å²) in [6, 6.07) is 19.7. The van der Waals surface area contributed by atoms with E-state index in [0.717, 1.165) is 23.8 Å². The van der Waals surface area contributed by atoms with E-state index in [2.05, 4.69) is 24.3 Å². The molecule has 0 radical (unpaired) electrons. The van der Waals surface area contributed by atoms with Crippen molar-refractivity contribution in [2.45, 2.75) is 6.42 Å².